The third-order valence-electron chi connectivity index (χ3n) is 2.77. The summed E-state index contributed by atoms with van der Waals surface area (Å²) >= 11 is 5.79. The van der Waals surface area contributed by atoms with Crippen LogP contribution in [0.1, 0.15) is 22.8 Å². The predicted octanol–water partition coefficient (Wildman–Crippen LogP) is 4.29. The summed E-state index contributed by atoms with van der Waals surface area (Å²) < 4.78 is 13.6. The average molecular weight is 278 g/mol. The Balaban J connectivity index is 2.12. The molecule has 19 heavy (non-hydrogen) atoms. The first-order valence-corrected chi connectivity index (χ1v) is 6.23. The highest BCUT2D eigenvalue weighted by atomic mass is 35.5. The number of carbonyl (C=O) groups is 1. The van der Waals surface area contributed by atoms with Crippen molar-refractivity contribution >= 4 is 23.1 Å². The number of hydrogen-bond acceptors (Lipinski definition) is 2. The van der Waals surface area contributed by atoms with Gasteiger partial charge in [0.15, 0.2) is 5.78 Å². The summed E-state index contributed by atoms with van der Waals surface area (Å²) in [4.78, 5) is 11.3. The van der Waals surface area contributed by atoms with Gasteiger partial charge in [0.05, 0.1) is 5.69 Å². The fourth-order valence-electron chi connectivity index (χ4n) is 1.68. The Labute approximate surface area is 116 Å². The van der Waals surface area contributed by atoms with Crippen LogP contribution >= 0.6 is 11.6 Å². The Kier molecular flexibility index (Phi) is 4.17. The molecule has 0 heterocycles. The minimum Gasteiger partial charge on any atom is -0.379 e. The predicted molar refractivity (Wildman–Crippen MR) is 75.2 cm³/mol. The molecule has 98 valence electrons. The first-order chi connectivity index (χ1) is 9.06. The number of rotatable bonds is 4. The molecule has 0 atom stereocenters. The summed E-state index contributed by atoms with van der Waals surface area (Å²) in [5.41, 5.74) is 1.79. The minimum atomic E-state index is -0.376. The van der Waals surface area contributed by atoms with Crippen LogP contribution in [0.25, 0.3) is 0 Å². The number of benzene rings is 2. The van der Waals surface area contributed by atoms with E-state index in [2.05, 4.69) is 5.32 Å². The molecule has 0 bridgehead atoms. The minimum absolute atomic E-state index is 0.0884. The number of nitrogens with one attached hydrogen (secondary N) is 1. The molecule has 0 amide bonds. The quantitative estimate of drug-likeness (QED) is 0.845. The van der Waals surface area contributed by atoms with Gasteiger partial charge < -0.3 is 5.32 Å². The second-order valence-corrected chi connectivity index (χ2v) is 4.67. The van der Waals surface area contributed by atoms with Crippen molar-refractivity contribution in [3.63, 3.8) is 0 Å². The molecule has 0 aliphatic rings. The standard InChI is InChI=1S/C15H13ClFNO/c1-10(19)12-4-7-14(17)15(8-12)18-9-11-2-5-13(16)6-3-11/h2-8,18H,9H2,1H3. The van der Waals surface area contributed by atoms with E-state index in [1.807, 2.05) is 12.1 Å². The maximum absolute atomic E-state index is 13.6. The Hall–Kier alpha value is -1.87. The number of hydrogen-bond donors (Lipinski definition) is 1. The zero-order valence-corrected chi connectivity index (χ0v) is 11.2. The topological polar surface area (TPSA) is 29.1 Å². The summed E-state index contributed by atoms with van der Waals surface area (Å²) in [6.45, 7) is 1.92. The third kappa shape index (κ3) is 3.55. The van der Waals surface area contributed by atoms with Gasteiger partial charge in [0.25, 0.3) is 0 Å². The van der Waals surface area contributed by atoms with E-state index in [4.69, 9.17) is 11.6 Å². The van der Waals surface area contributed by atoms with Crippen LogP contribution in [-0.4, -0.2) is 5.78 Å². The van der Waals surface area contributed by atoms with Crippen LogP contribution in [0.2, 0.25) is 5.02 Å². The lowest BCUT2D eigenvalue weighted by molar-refractivity contribution is 0.101. The van der Waals surface area contributed by atoms with E-state index in [9.17, 15) is 9.18 Å². The lowest BCUT2D eigenvalue weighted by Crippen LogP contribution is -2.03. The van der Waals surface area contributed by atoms with Gasteiger partial charge in [-0.05, 0) is 42.8 Å². The SMILES string of the molecule is CC(=O)c1ccc(F)c(NCc2ccc(Cl)cc2)c1. The molecule has 2 aromatic carbocycles. The van der Waals surface area contributed by atoms with Gasteiger partial charge in [0.2, 0.25) is 0 Å². The highest BCUT2D eigenvalue weighted by Gasteiger charge is 2.06. The Morgan fingerprint density at radius 2 is 1.89 bits per heavy atom. The van der Waals surface area contributed by atoms with Crippen LogP contribution in [0.3, 0.4) is 0 Å². The van der Waals surface area contributed by atoms with Gasteiger partial charge in [-0.15, -0.1) is 0 Å². The van der Waals surface area contributed by atoms with Gasteiger partial charge in [-0.3, -0.25) is 4.79 Å². The number of anilines is 1. The highest BCUT2D eigenvalue weighted by Crippen LogP contribution is 2.18. The molecule has 2 aromatic rings. The summed E-state index contributed by atoms with van der Waals surface area (Å²) in [6.07, 6.45) is 0. The first-order valence-electron chi connectivity index (χ1n) is 5.85. The number of Topliss-reactive ketones (excluding diaryl/α,β-unsaturated/α-hetero) is 1. The fourth-order valence-corrected chi connectivity index (χ4v) is 1.81. The molecule has 4 heteroatoms. The number of ketones is 1. The second kappa shape index (κ2) is 5.85. The average Bonchev–Trinajstić information content (AvgIpc) is 2.39. The molecule has 0 saturated heterocycles. The van der Waals surface area contributed by atoms with Crippen LogP contribution in [0.15, 0.2) is 42.5 Å². The van der Waals surface area contributed by atoms with Gasteiger partial charge in [-0.25, -0.2) is 4.39 Å². The monoisotopic (exact) mass is 277 g/mol. The van der Waals surface area contributed by atoms with Gasteiger partial charge in [-0.1, -0.05) is 23.7 Å². The first kappa shape index (κ1) is 13.6. The van der Waals surface area contributed by atoms with Crippen molar-refractivity contribution in [1.29, 1.82) is 0 Å². The molecule has 0 aliphatic carbocycles. The van der Waals surface area contributed by atoms with Crippen molar-refractivity contribution in [2.45, 2.75) is 13.5 Å². The molecule has 0 spiro atoms. The normalized spacial score (nSPS) is 10.3. The summed E-state index contributed by atoms with van der Waals surface area (Å²) in [6, 6.07) is 11.6. The third-order valence-corrected chi connectivity index (χ3v) is 3.02. The van der Waals surface area contributed by atoms with Crippen molar-refractivity contribution in [2.75, 3.05) is 5.32 Å². The van der Waals surface area contributed by atoms with Crippen LogP contribution in [-0.2, 0) is 6.54 Å². The van der Waals surface area contributed by atoms with Crippen LogP contribution in [0.4, 0.5) is 10.1 Å². The van der Waals surface area contributed by atoms with Crippen molar-refractivity contribution in [3.8, 4) is 0 Å². The number of carbonyl (C=O) groups excluding carboxylic acids is 1. The lowest BCUT2D eigenvalue weighted by Gasteiger charge is -2.09. The van der Waals surface area contributed by atoms with Crippen LogP contribution < -0.4 is 5.32 Å². The Morgan fingerprint density at radius 3 is 2.53 bits per heavy atom. The van der Waals surface area contributed by atoms with Crippen molar-refractivity contribution in [1.82, 2.24) is 0 Å². The van der Waals surface area contributed by atoms with Crippen LogP contribution in [0, 0.1) is 5.82 Å². The molecule has 0 aliphatic heterocycles. The molecule has 0 fully saturated rings. The van der Waals surface area contributed by atoms with Gasteiger partial charge >= 0.3 is 0 Å². The largest absolute Gasteiger partial charge is 0.379 e. The van der Waals surface area contributed by atoms with Crippen LogP contribution in [0.5, 0.6) is 0 Å². The van der Waals surface area contributed by atoms with E-state index in [0.717, 1.165) is 5.56 Å². The van der Waals surface area contributed by atoms with Crippen molar-refractivity contribution in [2.24, 2.45) is 0 Å². The number of halogens is 2. The van der Waals surface area contributed by atoms with E-state index in [-0.39, 0.29) is 11.6 Å². The maximum atomic E-state index is 13.6. The van der Waals surface area contributed by atoms with Gasteiger partial charge in [0.1, 0.15) is 5.82 Å². The molecule has 1 N–H and O–H groups in total. The molecular weight excluding hydrogens is 265 g/mol. The van der Waals surface area contributed by atoms with E-state index in [1.165, 1.54) is 25.1 Å². The highest BCUT2D eigenvalue weighted by molar-refractivity contribution is 6.30. The van der Waals surface area contributed by atoms with Crippen molar-refractivity contribution in [3.05, 3.63) is 64.4 Å². The smallest absolute Gasteiger partial charge is 0.159 e. The molecule has 2 rings (SSSR count). The summed E-state index contributed by atoms with van der Waals surface area (Å²) in [5, 5.41) is 3.63. The second-order valence-electron chi connectivity index (χ2n) is 4.23. The molecular formula is C15H13ClFNO. The van der Waals surface area contributed by atoms with E-state index >= 15 is 0 Å². The Morgan fingerprint density at radius 1 is 1.21 bits per heavy atom. The van der Waals surface area contributed by atoms with E-state index in [1.54, 1.807) is 12.1 Å². The van der Waals surface area contributed by atoms with E-state index in [0.29, 0.717) is 22.8 Å². The molecule has 0 unspecified atom stereocenters. The Bertz CT molecular complexity index is 596. The van der Waals surface area contributed by atoms with Gasteiger partial charge in [-0.2, -0.15) is 0 Å². The molecule has 0 aromatic heterocycles. The van der Waals surface area contributed by atoms with E-state index < -0.39 is 0 Å². The summed E-state index contributed by atoms with van der Waals surface area (Å²) in [5.74, 6) is -0.464. The fraction of sp³-hybridized carbons (Fsp3) is 0.133. The zero-order valence-electron chi connectivity index (χ0n) is 10.4. The van der Waals surface area contributed by atoms with Gasteiger partial charge in [0, 0.05) is 17.1 Å². The maximum Gasteiger partial charge on any atom is 0.159 e. The van der Waals surface area contributed by atoms with Crippen molar-refractivity contribution < 1.29 is 9.18 Å². The summed E-state index contributed by atoms with van der Waals surface area (Å²) in [7, 11) is 0. The molecule has 0 radical (unpaired) electrons. The molecule has 0 saturated carbocycles. The lowest BCUT2D eigenvalue weighted by atomic mass is 10.1. The molecule has 2 nitrogen and oxygen atoms in total. The zero-order chi connectivity index (χ0) is 13.8.